The van der Waals surface area contributed by atoms with E-state index in [0.717, 1.165) is 0 Å². The van der Waals surface area contributed by atoms with Crippen molar-refractivity contribution in [2.45, 2.75) is 0 Å². The first kappa shape index (κ1) is 10.7. The van der Waals surface area contributed by atoms with E-state index >= 15 is 0 Å². The van der Waals surface area contributed by atoms with Gasteiger partial charge in [-0.3, -0.25) is 0 Å². The summed E-state index contributed by atoms with van der Waals surface area (Å²) in [5.41, 5.74) is -0.318. The van der Waals surface area contributed by atoms with Crippen molar-refractivity contribution >= 4 is 17.6 Å². The lowest BCUT2D eigenvalue weighted by molar-refractivity contribution is 0.0697. The maximum Gasteiger partial charge on any atom is 0.336 e. The highest BCUT2D eigenvalue weighted by Crippen LogP contribution is 2.31. The minimum Gasteiger partial charge on any atom is -0.478 e. The Labute approximate surface area is 95.1 Å². The number of carbonyl (C=O) groups is 1. The Morgan fingerprint density at radius 3 is 2.69 bits per heavy atom. The van der Waals surface area contributed by atoms with Crippen molar-refractivity contribution in [3.05, 3.63) is 46.9 Å². The highest BCUT2D eigenvalue weighted by molar-refractivity contribution is 6.31. The van der Waals surface area contributed by atoms with Crippen LogP contribution >= 0.6 is 11.6 Å². The fraction of sp³-hybridized carbons (Fsp3) is 0. The Morgan fingerprint density at radius 2 is 2.12 bits per heavy atom. The van der Waals surface area contributed by atoms with Crippen LogP contribution in [0, 0.1) is 5.82 Å². The van der Waals surface area contributed by atoms with Gasteiger partial charge in [0.05, 0.1) is 22.4 Å². The van der Waals surface area contributed by atoms with Gasteiger partial charge in [0, 0.05) is 0 Å². The summed E-state index contributed by atoms with van der Waals surface area (Å²) >= 11 is 5.60. The third-order valence-electron chi connectivity index (χ3n) is 2.09. The van der Waals surface area contributed by atoms with Gasteiger partial charge in [0.15, 0.2) is 5.82 Å². The molecule has 82 valence electrons. The van der Waals surface area contributed by atoms with Crippen LogP contribution in [-0.2, 0) is 0 Å². The lowest BCUT2D eigenvalue weighted by Gasteiger charge is -2.05. The molecule has 1 aromatic carbocycles. The van der Waals surface area contributed by atoms with Gasteiger partial charge in [-0.1, -0.05) is 11.6 Å². The summed E-state index contributed by atoms with van der Waals surface area (Å²) in [6, 6.07) is 5.46. The molecule has 0 unspecified atom stereocenters. The van der Waals surface area contributed by atoms with E-state index in [2.05, 4.69) is 0 Å². The third-order valence-corrected chi connectivity index (χ3v) is 2.38. The summed E-state index contributed by atoms with van der Waals surface area (Å²) in [7, 11) is 0. The number of carboxylic acids is 1. The fourth-order valence-electron chi connectivity index (χ4n) is 1.39. The zero-order chi connectivity index (χ0) is 11.7. The number of halogens is 2. The van der Waals surface area contributed by atoms with Crippen molar-refractivity contribution < 1.29 is 18.7 Å². The fourth-order valence-corrected chi connectivity index (χ4v) is 1.55. The van der Waals surface area contributed by atoms with Crippen LogP contribution in [-0.4, -0.2) is 11.1 Å². The van der Waals surface area contributed by atoms with Crippen molar-refractivity contribution in [3.63, 3.8) is 0 Å². The van der Waals surface area contributed by atoms with Crippen LogP contribution in [0.2, 0.25) is 5.02 Å². The summed E-state index contributed by atoms with van der Waals surface area (Å²) < 4.78 is 18.7. The third kappa shape index (κ3) is 1.67. The first-order chi connectivity index (χ1) is 7.61. The normalized spacial score (nSPS) is 10.4. The van der Waals surface area contributed by atoms with E-state index in [1.807, 2.05) is 0 Å². The van der Waals surface area contributed by atoms with E-state index in [1.54, 1.807) is 6.07 Å². The van der Waals surface area contributed by atoms with Gasteiger partial charge in [-0.25, -0.2) is 9.18 Å². The number of furan rings is 1. The molecule has 2 aromatic rings. The molecule has 3 nitrogen and oxygen atoms in total. The molecule has 0 atom stereocenters. The zero-order valence-electron chi connectivity index (χ0n) is 7.91. The Morgan fingerprint density at radius 1 is 1.38 bits per heavy atom. The Hall–Kier alpha value is -1.81. The molecule has 5 heteroatoms. The second-order valence-electron chi connectivity index (χ2n) is 3.07. The molecule has 16 heavy (non-hydrogen) atoms. The van der Waals surface area contributed by atoms with E-state index in [0.29, 0.717) is 0 Å². The van der Waals surface area contributed by atoms with Crippen LogP contribution in [0.5, 0.6) is 0 Å². The monoisotopic (exact) mass is 240 g/mol. The quantitative estimate of drug-likeness (QED) is 0.875. The summed E-state index contributed by atoms with van der Waals surface area (Å²) in [5.74, 6) is -1.89. The van der Waals surface area contributed by atoms with Crippen molar-refractivity contribution in [2.75, 3.05) is 0 Å². The highest BCUT2D eigenvalue weighted by atomic mass is 35.5. The summed E-state index contributed by atoms with van der Waals surface area (Å²) in [4.78, 5) is 10.9. The number of benzene rings is 1. The van der Waals surface area contributed by atoms with Crippen LogP contribution in [0.1, 0.15) is 10.4 Å². The van der Waals surface area contributed by atoms with E-state index < -0.39 is 11.8 Å². The predicted molar refractivity (Wildman–Crippen MR) is 56.1 cm³/mol. The van der Waals surface area contributed by atoms with Crippen LogP contribution in [0.3, 0.4) is 0 Å². The van der Waals surface area contributed by atoms with Gasteiger partial charge in [-0.2, -0.15) is 0 Å². The molecular formula is C11H6ClFO3. The number of aromatic carboxylic acids is 1. The molecule has 0 spiro atoms. The topological polar surface area (TPSA) is 50.4 Å². The average molecular weight is 241 g/mol. The first-order valence-corrected chi connectivity index (χ1v) is 4.74. The van der Waals surface area contributed by atoms with Gasteiger partial charge in [0.2, 0.25) is 0 Å². The molecule has 0 aliphatic carbocycles. The summed E-state index contributed by atoms with van der Waals surface area (Å²) in [5, 5.41) is 8.79. The highest BCUT2D eigenvalue weighted by Gasteiger charge is 2.20. The molecular weight excluding hydrogens is 235 g/mol. The molecule has 1 N–H and O–H groups in total. The largest absolute Gasteiger partial charge is 0.478 e. The Kier molecular flexibility index (Phi) is 2.66. The van der Waals surface area contributed by atoms with Crippen molar-refractivity contribution in [3.8, 4) is 11.3 Å². The molecule has 0 fully saturated rings. The zero-order valence-corrected chi connectivity index (χ0v) is 8.66. The SMILES string of the molecule is O=C(O)c1ccc(Cl)c(F)c1-c1ccco1. The van der Waals surface area contributed by atoms with Crippen molar-refractivity contribution in [2.24, 2.45) is 0 Å². The van der Waals surface area contributed by atoms with E-state index in [9.17, 15) is 9.18 Å². The Bertz CT molecular complexity index is 534. The second kappa shape index (κ2) is 3.98. The van der Waals surface area contributed by atoms with E-state index in [-0.39, 0.29) is 21.9 Å². The van der Waals surface area contributed by atoms with Crippen molar-refractivity contribution in [1.82, 2.24) is 0 Å². The molecule has 0 amide bonds. The standard InChI is InChI=1S/C11H6ClFO3/c12-7-4-3-6(11(14)15)9(10(7)13)8-2-1-5-16-8/h1-5H,(H,14,15). The molecule has 0 saturated heterocycles. The maximum absolute atomic E-state index is 13.7. The number of hydrogen-bond donors (Lipinski definition) is 1. The van der Waals surface area contributed by atoms with Crippen LogP contribution in [0.15, 0.2) is 34.9 Å². The van der Waals surface area contributed by atoms with Crippen LogP contribution in [0.25, 0.3) is 11.3 Å². The minimum absolute atomic E-state index is 0.134. The molecule has 0 radical (unpaired) electrons. The number of carboxylic acid groups (broad SMARTS) is 1. The Balaban J connectivity index is 2.74. The molecule has 1 heterocycles. The van der Waals surface area contributed by atoms with Gasteiger partial charge >= 0.3 is 5.97 Å². The molecule has 0 aliphatic heterocycles. The molecule has 0 saturated carbocycles. The minimum atomic E-state index is -1.23. The van der Waals surface area contributed by atoms with Crippen LogP contribution in [0.4, 0.5) is 4.39 Å². The first-order valence-electron chi connectivity index (χ1n) is 4.36. The summed E-state index contributed by atoms with van der Waals surface area (Å²) in [6.07, 6.45) is 1.33. The van der Waals surface area contributed by atoms with Crippen molar-refractivity contribution in [1.29, 1.82) is 0 Å². The molecule has 2 rings (SSSR count). The molecule has 1 aromatic heterocycles. The van der Waals surface area contributed by atoms with Gasteiger partial charge < -0.3 is 9.52 Å². The number of rotatable bonds is 2. The average Bonchev–Trinajstić information content (AvgIpc) is 2.74. The smallest absolute Gasteiger partial charge is 0.336 e. The number of hydrogen-bond acceptors (Lipinski definition) is 2. The lowest BCUT2D eigenvalue weighted by Crippen LogP contribution is -2.01. The lowest BCUT2D eigenvalue weighted by atomic mass is 10.0. The molecule has 0 aliphatic rings. The van der Waals surface area contributed by atoms with E-state index in [4.69, 9.17) is 21.1 Å². The predicted octanol–water partition coefficient (Wildman–Crippen LogP) is 3.44. The van der Waals surface area contributed by atoms with E-state index in [1.165, 1.54) is 24.5 Å². The summed E-state index contributed by atoms with van der Waals surface area (Å²) in [6.45, 7) is 0. The van der Waals surface area contributed by atoms with Gasteiger partial charge in [-0.15, -0.1) is 0 Å². The molecule has 0 bridgehead atoms. The van der Waals surface area contributed by atoms with Crippen LogP contribution < -0.4 is 0 Å². The van der Waals surface area contributed by atoms with Gasteiger partial charge in [0.1, 0.15) is 5.76 Å². The van der Waals surface area contributed by atoms with Gasteiger partial charge in [-0.05, 0) is 24.3 Å². The maximum atomic E-state index is 13.7. The van der Waals surface area contributed by atoms with Gasteiger partial charge in [0.25, 0.3) is 0 Å². The second-order valence-corrected chi connectivity index (χ2v) is 3.47.